The quantitative estimate of drug-likeness (QED) is 0.571. The molecule has 0 radical (unpaired) electrons. The van der Waals surface area contributed by atoms with Crippen molar-refractivity contribution in [3.63, 3.8) is 0 Å². The summed E-state index contributed by atoms with van der Waals surface area (Å²) in [6.07, 6.45) is 4.75. The van der Waals surface area contributed by atoms with Crippen LogP contribution in [0.5, 0.6) is 0 Å². The molecule has 0 bridgehead atoms. The molecule has 1 aromatic rings. The van der Waals surface area contributed by atoms with Gasteiger partial charge in [-0.25, -0.2) is 0 Å². The van der Waals surface area contributed by atoms with E-state index in [1.165, 1.54) is 4.90 Å². The van der Waals surface area contributed by atoms with E-state index in [1.54, 1.807) is 0 Å². The van der Waals surface area contributed by atoms with Crippen LogP contribution in [0, 0.1) is 24.7 Å². The van der Waals surface area contributed by atoms with Crippen LogP contribution in [-0.2, 0) is 9.59 Å². The Morgan fingerprint density at radius 2 is 1.79 bits per heavy atom. The first-order valence-electron chi connectivity index (χ1n) is 6.70. The van der Waals surface area contributed by atoms with Crippen LogP contribution in [0.1, 0.15) is 18.9 Å². The first-order valence-corrected chi connectivity index (χ1v) is 6.70. The molecule has 1 saturated heterocycles. The molecule has 1 aliphatic carbocycles. The Bertz CT molecular complexity index is 559. The molecule has 1 fully saturated rings. The van der Waals surface area contributed by atoms with E-state index in [1.807, 2.05) is 50.3 Å². The fraction of sp³-hybridized carbons (Fsp3) is 0.375. The van der Waals surface area contributed by atoms with Gasteiger partial charge in [-0.3, -0.25) is 14.5 Å². The Morgan fingerprint density at radius 1 is 1.11 bits per heavy atom. The van der Waals surface area contributed by atoms with Gasteiger partial charge < -0.3 is 0 Å². The summed E-state index contributed by atoms with van der Waals surface area (Å²) < 4.78 is 0. The molecule has 0 saturated carbocycles. The van der Waals surface area contributed by atoms with Crippen molar-refractivity contribution < 1.29 is 9.59 Å². The lowest BCUT2D eigenvalue weighted by molar-refractivity contribution is -0.122. The Hall–Kier alpha value is -1.90. The third-order valence-electron chi connectivity index (χ3n) is 4.16. The van der Waals surface area contributed by atoms with E-state index in [-0.39, 0.29) is 29.6 Å². The van der Waals surface area contributed by atoms with Crippen LogP contribution in [0.2, 0.25) is 0 Å². The van der Waals surface area contributed by atoms with Crippen LogP contribution in [0.25, 0.3) is 0 Å². The van der Waals surface area contributed by atoms with Gasteiger partial charge in [0.1, 0.15) is 0 Å². The molecule has 1 aliphatic heterocycles. The smallest absolute Gasteiger partial charge is 0.238 e. The third-order valence-corrected chi connectivity index (χ3v) is 4.16. The molecule has 0 N–H and O–H groups in total. The Morgan fingerprint density at radius 3 is 2.42 bits per heavy atom. The highest BCUT2D eigenvalue weighted by Crippen LogP contribution is 2.40. The summed E-state index contributed by atoms with van der Waals surface area (Å²) in [5, 5.41) is 0. The van der Waals surface area contributed by atoms with Crippen molar-refractivity contribution in [2.45, 2.75) is 20.3 Å². The van der Waals surface area contributed by atoms with Crippen molar-refractivity contribution in [1.29, 1.82) is 0 Å². The van der Waals surface area contributed by atoms with Crippen LogP contribution in [-0.4, -0.2) is 11.8 Å². The van der Waals surface area contributed by atoms with Gasteiger partial charge in [-0.15, -0.1) is 0 Å². The van der Waals surface area contributed by atoms with Crippen molar-refractivity contribution in [2.75, 3.05) is 4.90 Å². The first kappa shape index (κ1) is 12.2. The summed E-state index contributed by atoms with van der Waals surface area (Å²) in [6, 6.07) is 7.56. The molecule has 3 nitrogen and oxygen atoms in total. The third kappa shape index (κ3) is 1.81. The fourth-order valence-electron chi connectivity index (χ4n) is 3.10. The number of carbonyl (C=O) groups excluding carboxylic acids is 2. The van der Waals surface area contributed by atoms with E-state index >= 15 is 0 Å². The highest BCUT2D eigenvalue weighted by molar-refractivity contribution is 6.22. The number of benzene rings is 1. The maximum Gasteiger partial charge on any atom is 0.238 e. The lowest BCUT2D eigenvalue weighted by atomic mass is 9.78. The highest BCUT2D eigenvalue weighted by Gasteiger charge is 2.50. The average molecular weight is 255 g/mol. The van der Waals surface area contributed by atoms with Crippen LogP contribution in [0.3, 0.4) is 0 Å². The lowest BCUT2D eigenvalue weighted by Crippen LogP contribution is -2.31. The molecule has 1 heterocycles. The fourth-order valence-corrected chi connectivity index (χ4v) is 3.10. The number of imide groups is 1. The van der Waals surface area contributed by atoms with Crippen LogP contribution < -0.4 is 4.90 Å². The number of rotatable bonds is 1. The van der Waals surface area contributed by atoms with E-state index in [0.29, 0.717) is 12.1 Å². The predicted molar refractivity (Wildman–Crippen MR) is 73.6 cm³/mol. The maximum atomic E-state index is 12.5. The minimum atomic E-state index is -0.182. The summed E-state index contributed by atoms with van der Waals surface area (Å²) in [4.78, 5) is 26.3. The maximum absolute atomic E-state index is 12.5. The summed E-state index contributed by atoms with van der Waals surface area (Å²) >= 11 is 0. The normalized spacial score (nSPS) is 29.8. The number of fused-ring (bicyclic) bond motifs is 1. The molecule has 1 aromatic carbocycles. The molecular formula is C16H17NO2. The van der Waals surface area contributed by atoms with Crippen LogP contribution >= 0.6 is 0 Å². The van der Waals surface area contributed by atoms with Crippen LogP contribution in [0.15, 0.2) is 36.4 Å². The van der Waals surface area contributed by atoms with Crippen LogP contribution in [0.4, 0.5) is 5.69 Å². The first-order chi connectivity index (χ1) is 9.09. The van der Waals surface area contributed by atoms with Gasteiger partial charge in [0.15, 0.2) is 0 Å². The summed E-state index contributed by atoms with van der Waals surface area (Å²) in [5.41, 5.74) is 1.82. The number of amides is 2. The summed E-state index contributed by atoms with van der Waals surface area (Å²) in [5.74, 6) is -0.302. The largest absolute Gasteiger partial charge is 0.274 e. The standard InChI is InChI=1S/C16H17NO2/c1-10-6-8-12(9-7-10)17-15(18)13-5-3-4-11(2)14(13)16(17)19/h3-4,6-9,11,13-14H,5H2,1-2H3/t11-,13+,14+/m1/s1. The van der Waals surface area contributed by atoms with E-state index in [4.69, 9.17) is 0 Å². The zero-order valence-corrected chi connectivity index (χ0v) is 11.2. The average Bonchev–Trinajstić information content (AvgIpc) is 2.65. The molecule has 98 valence electrons. The second-order valence-corrected chi connectivity index (χ2v) is 5.50. The lowest BCUT2D eigenvalue weighted by Gasteiger charge is -2.22. The zero-order valence-electron chi connectivity index (χ0n) is 11.2. The van der Waals surface area contributed by atoms with Gasteiger partial charge in [-0.1, -0.05) is 36.8 Å². The van der Waals surface area contributed by atoms with Gasteiger partial charge >= 0.3 is 0 Å². The number of hydrogen-bond acceptors (Lipinski definition) is 2. The number of aryl methyl sites for hydroxylation is 1. The van der Waals surface area contributed by atoms with E-state index in [2.05, 4.69) is 0 Å². The predicted octanol–water partition coefficient (Wildman–Crippen LogP) is 2.70. The number of allylic oxidation sites excluding steroid dienone is 2. The SMILES string of the molecule is Cc1ccc(N2C(=O)[C@H]3[C@H](C)C=CC[C@@H]3C2=O)cc1. The van der Waals surface area contributed by atoms with Gasteiger partial charge in [0.2, 0.25) is 11.8 Å². The molecule has 0 spiro atoms. The van der Waals surface area contributed by atoms with E-state index in [0.717, 1.165) is 5.56 Å². The monoisotopic (exact) mass is 255 g/mol. The van der Waals surface area contributed by atoms with Gasteiger partial charge in [-0.05, 0) is 31.4 Å². The van der Waals surface area contributed by atoms with Crippen molar-refractivity contribution in [3.8, 4) is 0 Å². The van der Waals surface area contributed by atoms with Gasteiger partial charge in [-0.2, -0.15) is 0 Å². The minimum absolute atomic E-state index is 0.0456. The number of anilines is 1. The topological polar surface area (TPSA) is 37.4 Å². The molecule has 3 heteroatoms. The second-order valence-electron chi connectivity index (χ2n) is 5.50. The van der Waals surface area contributed by atoms with Gasteiger partial charge in [0.05, 0.1) is 17.5 Å². The Kier molecular flexibility index (Phi) is 2.77. The highest BCUT2D eigenvalue weighted by atomic mass is 16.2. The second kappa shape index (κ2) is 4.34. The molecule has 2 aliphatic rings. The van der Waals surface area contributed by atoms with Gasteiger partial charge in [0.25, 0.3) is 0 Å². The van der Waals surface area contributed by atoms with E-state index in [9.17, 15) is 9.59 Å². The molecule has 0 unspecified atom stereocenters. The van der Waals surface area contributed by atoms with Gasteiger partial charge in [0, 0.05) is 0 Å². The Balaban J connectivity index is 1.98. The molecule has 19 heavy (non-hydrogen) atoms. The number of carbonyl (C=O) groups is 2. The molecule has 3 rings (SSSR count). The zero-order chi connectivity index (χ0) is 13.6. The van der Waals surface area contributed by atoms with Crippen molar-refractivity contribution in [2.24, 2.45) is 17.8 Å². The molecule has 2 amide bonds. The number of nitrogens with zero attached hydrogens (tertiary/aromatic N) is 1. The molecule has 0 aromatic heterocycles. The summed E-state index contributed by atoms with van der Waals surface area (Å²) in [7, 11) is 0. The Labute approximate surface area is 112 Å². The molecule has 3 atom stereocenters. The van der Waals surface area contributed by atoms with Crippen molar-refractivity contribution >= 4 is 17.5 Å². The van der Waals surface area contributed by atoms with Crippen molar-refractivity contribution in [1.82, 2.24) is 0 Å². The number of hydrogen-bond donors (Lipinski definition) is 0. The molecular weight excluding hydrogens is 238 g/mol. The van der Waals surface area contributed by atoms with Crippen molar-refractivity contribution in [3.05, 3.63) is 42.0 Å². The van der Waals surface area contributed by atoms with E-state index < -0.39 is 0 Å². The summed E-state index contributed by atoms with van der Waals surface area (Å²) in [6.45, 7) is 4.00. The minimum Gasteiger partial charge on any atom is -0.274 e.